The molecule has 0 aromatic heterocycles. The normalized spacial score (nSPS) is 17.6. The molecule has 6 heteroatoms. The highest BCUT2D eigenvalue weighted by atomic mass is 16.5. The number of nitrogens with zero attached hydrogens (tertiary/aromatic N) is 1. The number of ether oxygens (including phenoxy) is 2. The van der Waals surface area contributed by atoms with Crippen LogP contribution < -0.4 is 14.8 Å². The van der Waals surface area contributed by atoms with E-state index in [1.807, 2.05) is 44.2 Å². The molecule has 6 nitrogen and oxygen atoms in total. The molecule has 0 bridgehead atoms. The predicted molar refractivity (Wildman–Crippen MR) is 94.6 cm³/mol. The number of nitrogens with one attached hydrogen (secondary N) is 1. The molecular weight excluding hydrogens is 320 g/mol. The smallest absolute Gasteiger partial charge is 0.244 e. The van der Waals surface area contributed by atoms with Gasteiger partial charge < -0.3 is 20.0 Å². The van der Waals surface area contributed by atoms with E-state index in [-0.39, 0.29) is 11.8 Å². The molecule has 0 saturated carbocycles. The minimum atomic E-state index is -0.718. The van der Waals surface area contributed by atoms with E-state index in [0.717, 1.165) is 22.4 Å². The zero-order valence-electron chi connectivity index (χ0n) is 14.4. The second kappa shape index (κ2) is 6.84. The lowest BCUT2D eigenvalue weighted by atomic mass is 9.94. The molecule has 1 heterocycles. The summed E-state index contributed by atoms with van der Waals surface area (Å²) in [5, 5.41) is 15.4. The van der Waals surface area contributed by atoms with Crippen molar-refractivity contribution >= 4 is 17.5 Å². The number of carbonyl (C=O) groups excluding carboxylic acids is 1. The van der Waals surface area contributed by atoms with Crippen molar-refractivity contribution in [1.82, 2.24) is 0 Å². The van der Waals surface area contributed by atoms with Crippen LogP contribution >= 0.6 is 0 Å². The molecule has 0 radical (unpaired) electrons. The van der Waals surface area contributed by atoms with Gasteiger partial charge in [0.15, 0.2) is 11.5 Å². The third-order valence-corrected chi connectivity index (χ3v) is 4.49. The van der Waals surface area contributed by atoms with Crippen LogP contribution in [0.5, 0.6) is 11.5 Å². The van der Waals surface area contributed by atoms with Gasteiger partial charge in [0.05, 0.1) is 7.11 Å². The average molecular weight is 340 g/mol. The number of anilines is 1. The minimum Gasteiger partial charge on any atom is -0.493 e. The van der Waals surface area contributed by atoms with Crippen molar-refractivity contribution in [3.63, 3.8) is 0 Å². The Hall–Kier alpha value is -3.02. The van der Waals surface area contributed by atoms with Gasteiger partial charge in [0, 0.05) is 11.3 Å². The number of oxime groups is 1. The number of fused-ring (bicyclic) bond motifs is 1. The first-order valence-corrected chi connectivity index (χ1v) is 7.98. The van der Waals surface area contributed by atoms with Crippen LogP contribution in [0.25, 0.3) is 0 Å². The van der Waals surface area contributed by atoms with Gasteiger partial charge in [-0.25, -0.2) is 0 Å². The summed E-state index contributed by atoms with van der Waals surface area (Å²) in [5.41, 5.74) is 3.65. The Kier molecular flexibility index (Phi) is 4.61. The van der Waals surface area contributed by atoms with Crippen LogP contribution in [0.3, 0.4) is 0 Å². The number of para-hydroxylation sites is 1. The van der Waals surface area contributed by atoms with Crippen molar-refractivity contribution in [2.45, 2.75) is 20.3 Å². The quantitative estimate of drug-likeness (QED) is 0.664. The van der Waals surface area contributed by atoms with Gasteiger partial charge in [0.25, 0.3) is 0 Å². The lowest BCUT2D eigenvalue weighted by Gasteiger charge is -2.26. The van der Waals surface area contributed by atoms with Gasteiger partial charge in [-0.1, -0.05) is 29.4 Å². The summed E-state index contributed by atoms with van der Waals surface area (Å²) in [7, 11) is 1.54. The fraction of sp³-hybridized carbons (Fsp3) is 0.263. The Bertz CT molecular complexity index is 845. The molecule has 2 N–H and O–H groups in total. The number of hydrogen-bond donors (Lipinski definition) is 2. The van der Waals surface area contributed by atoms with E-state index in [1.54, 1.807) is 6.07 Å². The third kappa shape index (κ3) is 3.15. The molecule has 0 fully saturated rings. The largest absolute Gasteiger partial charge is 0.493 e. The lowest BCUT2D eigenvalue weighted by Crippen LogP contribution is -2.37. The van der Waals surface area contributed by atoms with Crippen LogP contribution in [0.15, 0.2) is 41.6 Å². The number of rotatable bonds is 3. The minimum absolute atomic E-state index is 0.0418. The van der Waals surface area contributed by atoms with Gasteiger partial charge in [0.2, 0.25) is 11.8 Å². The van der Waals surface area contributed by atoms with Gasteiger partial charge in [0.1, 0.15) is 5.92 Å². The summed E-state index contributed by atoms with van der Waals surface area (Å²) in [4.78, 5) is 12.8. The van der Waals surface area contributed by atoms with E-state index in [2.05, 4.69) is 10.5 Å². The molecular formula is C19H20N2O4. The van der Waals surface area contributed by atoms with Crippen LogP contribution in [-0.2, 0) is 11.2 Å². The zero-order chi connectivity index (χ0) is 18.0. The number of carbonyl (C=O) groups is 1. The van der Waals surface area contributed by atoms with Gasteiger partial charge in [-0.15, -0.1) is 0 Å². The second-order valence-corrected chi connectivity index (χ2v) is 5.98. The van der Waals surface area contributed by atoms with Crippen molar-refractivity contribution in [2.75, 3.05) is 12.4 Å². The predicted octanol–water partition coefficient (Wildman–Crippen LogP) is 3.29. The summed E-state index contributed by atoms with van der Waals surface area (Å²) in [6.07, 6.45) is 0.364. The van der Waals surface area contributed by atoms with E-state index >= 15 is 0 Å². The molecule has 1 aliphatic rings. The highest BCUT2D eigenvalue weighted by molar-refractivity contribution is 6.08. The summed E-state index contributed by atoms with van der Waals surface area (Å²) < 4.78 is 10.9. The fourth-order valence-electron chi connectivity index (χ4n) is 2.88. The topological polar surface area (TPSA) is 80.2 Å². The number of methoxy groups -OCH3 is 1. The molecule has 130 valence electrons. The van der Waals surface area contributed by atoms with Gasteiger partial charge in [-0.05, 0) is 43.5 Å². The van der Waals surface area contributed by atoms with E-state index in [0.29, 0.717) is 17.9 Å². The Balaban J connectivity index is 1.88. The van der Waals surface area contributed by atoms with Crippen molar-refractivity contribution in [3.8, 4) is 11.5 Å². The number of aryl methyl sites for hydroxylation is 1. The zero-order valence-corrected chi connectivity index (χ0v) is 14.4. The molecule has 0 saturated heterocycles. The highest BCUT2D eigenvalue weighted by Crippen LogP contribution is 2.37. The Labute approximate surface area is 146 Å². The number of amides is 1. The summed E-state index contributed by atoms with van der Waals surface area (Å²) in [6, 6.07) is 11.2. The summed E-state index contributed by atoms with van der Waals surface area (Å²) in [5.74, 6) is -0.0279. The van der Waals surface area contributed by atoms with E-state index in [4.69, 9.17) is 9.47 Å². The van der Waals surface area contributed by atoms with Gasteiger partial charge in [-0.2, -0.15) is 0 Å². The van der Waals surface area contributed by atoms with E-state index in [1.165, 1.54) is 7.11 Å². The van der Waals surface area contributed by atoms with Gasteiger partial charge >= 0.3 is 0 Å². The van der Waals surface area contributed by atoms with Crippen LogP contribution in [0, 0.1) is 19.8 Å². The molecule has 1 unspecified atom stereocenters. The van der Waals surface area contributed by atoms with Crippen LogP contribution in [0.2, 0.25) is 0 Å². The Morgan fingerprint density at radius 2 is 2.04 bits per heavy atom. The molecule has 0 spiro atoms. The lowest BCUT2D eigenvalue weighted by molar-refractivity contribution is -0.118. The molecule has 2 aromatic carbocycles. The molecule has 1 aliphatic heterocycles. The monoisotopic (exact) mass is 340 g/mol. The Morgan fingerprint density at radius 3 is 2.76 bits per heavy atom. The Morgan fingerprint density at radius 1 is 1.28 bits per heavy atom. The van der Waals surface area contributed by atoms with Crippen molar-refractivity contribution < 1.29 is 19.5 Å². The van der Waals surface area contributed by atoms with Crippen LogP contribution in [0.1, 0.15) is 16.7 Å². The summed E-state index contributed by atoms with van der Waals surface area (Å²) >= 11 is 0. The molecule has 1 atom stereocenters. The average Bonchev–Trinajstić information content (AvgIpc) is 2.63. The molecule has 2 aromatic rings. The van der Waals surface area contributed by atoms with Crippen LogP contribution in [-0.4, -0.2) is 24.1 Å². The first-order valence-electron chi connectivity index (χ1n) is 7.98. The highest BCUT2D eigenvalue weighted by Gasteiger charge is 2.34. The first kappa shape index (κ1) is 16.8. The van der Waals surface area contributed by atoms with E-state index < -0.39 is 5.92 Å². The standard InChI is InChI=1S/C19H20N2O4/c1-11-6-4-8-15(12(11)2)20-18(22)14-10-13-7-5-9-16(24-3)17(13)25-19(14)21-23/h4-9,14,23H,10H2,1-3H3,(H,20,22). The first-order chi connectivity index (χ1) is 12.0. The van der Waals surface area contributed by atoms with E-state index in [9.17, 15) is 10.0 Å². The number of benzene rings is 2. The van der Waals surface area contributed by atoms with Crippen molar-refractivity contribution in [3.05, 3.63) is 53.1 Å². The van der Waals surface area contributed by atoms with Crippen molar-refractivity contribution in [2.24, 2.45) is 11.1 Å². The molecule has 25 heavy (non-hydrogen) atoms. The molecule has 3 rings (SSSR count). The SMILES string of the molecule is COc1cccc2c1OC(=NO)C(C(=O)Nc1cccc(C)c1C)C2. The maximum Gasteiger partial charge on any atom is 0.244 e. The number of hydrogen-bond acceptors (Lipinski definition) is 5. The van der Waals surface area contributed by atoms with Crippen LogP contribution in [0.4, 0.5) is 5.69 Å². The fourth-order valence-corrected chi connectivity index (χ4v) is 2.88. The molecule has 1 amide bonds. The van der Waals surface area contributed by atoms with Crippen molar-refractivity contribution in [1.29, 1.82) is 0 Å². The third-order valence-electron chi connectivity index (χ3n) is 4.49. The van der Waals surface area contributed by atoms with Gasteiger partial charge in [-0.3, -0.25) is 4.79 Å². The molecule has 0 aliphatic carbocycles. The maximum atomic E-state index is 12.8. The second-order valence-electron chi connectivity index (χ2n) is 5.98. The summed E-state index contributed by atoms with van der Waals surface area (Å²) in [6.45, 7) is 3.93. The maximum absolute atomic E-state index is 12.8.